The molecule has 4 fully saturated rings. The average molecular weight is 390 g/mol. The molecular weight excluding hydrogens is 350 g/mol. The van der Waals surface area contributed by atoms with Crippen molar-refractivity contribution in [2.45, 2.75) is 84.5 Å². The smallest absolute Gasteiger partial charge is 0.0991 e. The molecule has 5 rings (SSSR count). The first-order valence-corrected chi connectivity index (χ1v) is 12.6. The Kier molecular flexibility index (Phi) is 5.26. The van der Waals surface area contributed by atoms with E-state index in [2.05, 4.69) is 32.0 Å². The highest BCUT2D eigenvalue weighted by Gasteiger charge is 2.56. The van der Waals surface area contributed by atoms with Crippen molar-refractivity contribution < 1.29 is 0 Å². The van der Waals surface area contributed by atoms with Crippen LogP contribution in [0, 0.1) is 58.2 Å². The summed E-state index contributed by atoms with van der Waals surface area (Å²) in [4.78, 5) is 0. The number of aryl methyl sites for hydroxylation is 1. The molecule has 8 unspecified atom stereocenters. The predicted molar refractivity (Wildman–Crippen MR) is 119 cm³/mol. The topological polar surface area (TPSA) is 23.8 Å². The van der Waals surface area contributed by atoms with Crippen LogP contribution in [0.25, 0.3) is 0 Å². The Hall–Kier alpha value is -1.29. The number of benzene rings is 1. The Labute approximate surface area is 178 Å². The lowest BCUT2D eigenvalue weighted by atomic mass is 9.49. The fraction of sp³-hybridized carbons (Fsp3) is 0.750. The maximum Gasteiger partial charge on any atom is 0.0991 e. The minimum Gasteiger partial charge on any atom is -0.192 e. The molecule has 4 aliphatic rings. The van der Waals surface area contributed by atoms with Crippen LogP contribution in [0.5, 0.6) is 0 Å². The van der Waals surface area contributed by atoms with Gasteiger partial charge in [-0.1, -0.05) is 32.4 Å². The molecular formula is C28H39N. The molecule has 1 aromatic carbocycles. The number of hydrogen-bond acceptors (Lipinski definition) is 1. The summed E-state index contributed by atoms with van der Waals surface area (Å²) in [5, 5.41) is 9.02. The van der Waals surface area contributed by atoms with Gasteiger partial charge in [-0.3, -0.25) is 0 Å². The molecule has 0 N–H and O–H groups in total. The van der Waals surface area contributed by atoms with Crippen LogP contribution in [-0.2, 0) is 6.42 Å². The first-order chi connectivity index (χ1) is 14.1. The zero-order valence-corrected chi connectivity index (χ0v) is 18.6. The number of hydrogen-bond donors (Lipinski definition) is 0. The van der Waals surface area contributed by atoms with E-state index in [4.69, 9.17) is 5.26 Å². The van der Waals surface area contributed by atoms with E-state index in [0.717, 1.165) is 47.0 Å². The zero-order chi connectivity index (χ0) is 20.0. The Bertz CT molecular complexity index is 758. The van der Waals surface area contributed by atoms with Crippen LogP contribution in [-0.4, -0.2) is 0 Å². The van der Waals surface area contributed by atoms with E-state index in [-0.39, 0.29) is 0 Å². The molecule has 0 aliphatic heterocycles. The summed E-state index contributed by atoms with van der Waals surface area (Å²) in [5.41, 5.74) is 2.80. The molecule has 29 heavy (non-hydrogen) atoms. The Morgan fingerprint density at radius 2 is 1.72 bits per heavy atom. The first-order valence-electron chi connectivity index (χ1n) is 12.6. The van der Waals surface area contributed by atoms with E-state index in [0.29, 0.717) is 5.41 Å². The largest absolute Gasteiger partial charge is 0.192 e. The summed E-state index contributed by atoms with van der Waals surface area (Å²) in [6.45, 7) is 5.18. The maximum atomic E-state index is 9.02. The molecule has 0 heterocycles. The van der Waals surface area contributed by atoms with Gasteiger partial charge in [-0.05, 0) is 129 Å². The molecule has 1 aromatic rings. The Morgan fingerprint density at radius 1 is 0.931 bits per heavy atom. The fourth-order valence-electron chi connectivity index (χ4n) is 8.76. The quantitative estimate of drug-likeness (QED) is 0.528. The van der Waals surface area contributed by atoms with Crippen LogP contribution < -0.4 is 0 Å². The average Bonchev–Trinajstić information content (AvgIpc) is 3.08. The predicted octanol–water partition coefficient (Wildman–Crippen LogP) is 7.40. The van der Waals surface area contributed by atoms with Gasteiger partial charge in [0.25, 0.3) is 0 Å². The lowest BCUT2D eigenvalue weighted by Crippen LogP contribution is -2.48. The van der Waals surface area contributed by atoms with E-state index >= 15 is 0 Å². The zero-order valence-electron chi connectivity index (χ0n) is 18.6. The van der Waals surface area contributed by atoms with Gasteiger partial charge in [-0.15, -0.1) is 0 Å². The summed E-state index contributed by atoms with van der Waals surface area (Å²) in [5.74, 6) is 7.16. The molecule has 0 spiro atoms. The number of fused-ring (bicyclic) bond motifs is 5. The molecule has 4 aliphatic carbocycles. The summed E-state index contributed by atoms with van der Waals surface area (Å²) < 4.78 is 0. The first kappa shape index (κ1) is 19.7. The minimum atomic E-state index is 0.600. The molecule has 1 nitrogen and oxygen atoms in total. The molecule has 0 radical (unpaired) electrons. The van der Waals surface area contributed by atoms with Crippen LogP contribution in [0.15, 0.2) is 24.3 Å². The highest BCUT2D eigenvalue weighted by molar-refractivity contribution is 5.31. The van der Waals surface area contributed by atoms with Crippen molar-refractivity contribution in [2.75, 3.05) is 0 Å². The van der Waals surface area contributed by atoms with Crippen LogP contribution in [0.4, 0.5) is 0 Å². The SMILES string of the molecule is CC1CCC2C(CCC3C2CCC2(C)C(CCc4ccc(C#N)cc4)CCC32)C1. The molecule has 0 saturated heterocycles. The van der Waals surface area contributed by atoms with Crippen LogP contribution in [0.2, 0.25) is 0 Å². The minimum absolute atomic E-state index is 0.600. The summed E-state index contributed by atoms with van der Waals surface area (Å²) in [7, 11) is 0. The van der Waals surface area contributed by atoms with Gasteiger partial charge in [0.2, 0.25) is 0 Å². The third-order valence-corrected chi connectivity index (χ3v) is 10.3. The number of nitrogens with zero attached hydrogens (tertiary/aromatic N) is 1. The molecule has 8 atom stereocenters. The highest BCUT2D eigenvalue weighted by atomic mass is 14.6. The van der Waals surface area contributed by atoms with Crippen molar-refractivity contribution in [3.8, 4) is 6.07 Å². The van der Waals surface area contributed by atoms with Crippen LogP contribution in [0.3, 0.4) is 0 Å². The Morgan fingerprint density at radius 3 is 2.52 bits per heavy atom. The van der Waals surface area contributed by atoms with Gasteiger partial charge in [0.05, 0.1) is 11.6 Å². The summed E-state index contributed by atoms with van der Waals surface area (Å²) in [6, 6.07) is 10.6. The van der Waals surface area contributed by atoms with Gasteiger partial charge in [0.1, 0.15) is 0 Å². The van der Waals surface area contributed by atoms with Crippen molar-refractivity contribution >= 4 is 0 Å². The summed E-state index contributed by atoms with van der Waals surface area (Å²) in [6.07, 6.45) is 16.2. The molecule has 156 valence electrons. The van der Waals surface area contributed by atoms with E-state index in [9.17, 15) is 0 Å². The monoisotopic (exact) mass is 389 g/mol. The molecule has 0 bridgehead atoms. The number of nitriles is 1. The highest BCUT2D eigenvalue weighted by Crippen LogP contribution is 2.65. The van der Waals surface area contributed by atoms with Gasteiger partial charge in [-0.2, -0.15) is 5.26 Å². The lowest BCUT2D eigenvalue weighted by Gasteiger charge is -2.56. The van der Waals surface area contributed by atoms with E-state index < -0.39 is 0 Å². The van der Waals surface area contributed by atoms with Gasteiger partial charge >= 0.3 is 0 Å². The Balaban J connectivity index is 1.26. The van der Waals surface area contributed by atoms with E-state index in [1.807, 2.05) is 12.1 Å². The second-order valence-electron chi connectivity index (χ2n) is 11.5. The van der Waals surface area contributed by atoms with Crippen LogP contribution in [0.1, 0.15) is 89.2 Å². The van der Waals surface area contributed by atoms with Crippen molar-refractivity contribution in [3.63, 3.8) is 0 Å². The fourth-order valence-corrected chi connectivity index (χ4v) is 8.76. The van der Waals surface area contributed by atoms with Crippen molar-refractivity contribution in [1.29, 1.82) is 5.26 Å². The summed E-state index contributed by atoms with van der Waals surface area (Å²) >= 11 is 0. The third kappa shape index (κ3) is 3.45. The van der Waals surface area contributed by atoms with Gasteiger partial charge in [0, 0.05) is 0 Å². The molecule has 1 heteroatoms. The van der Waals surface area contributed by atoms with Gasteiger partial charge in [-0.25, -0.2) is 0 Å². The molecule has 4 saturated carbocycles. The molecule has 0 amide bonds. The van der Waals surface area contributed by atoms with Crippen molar-refractivity contribution in [3.05, 3.63) is 35.4 Å². The van der Waals surface area contributed by atoms with Crippen LogP contribution >= 0.6 is 0 Å². The van der Waals surface area contributed by atoms with Gasteiger partial charge in [0.15, 0.2) is 0 Å². The second-order valence-corrected chi connectivity index (χ2v) is 11.5. The standard InChI is InChI=1S/C28H39N/c1-19-3-12-24-22(17-19)9-13-26-25(24)15-16-28(2)23(11-14-27(26)28)10-8-20-4-6-21(18-29)7-5-20/h4-7,19,22-27H,3,8-17H2,1-2H3. The third-order valence-electron chi connectivity index (χ3n) is 10.3. The molecule has 0 aromatic heterocycles. The second kappa shape index (κ2) is 7.76. The number of rotatable bonds is 3. The normalized spacial score (nSPS) is 43.7. The van der Waals surface area contributed by atoms with E-state index in [1.165, 1.54) is 56.9 Å². The van der Waals surface area contributed by atoms with Gasteiger partial charge < -0.3 is 0 Å². The lowest BCUT2D eigenvalue weighted by molar-refractivity contribution is -0.0677. The van der Waals surface area contributed by atoms with Crippen molar-refractivity contribution in [2.24, 2.45) is 46.8 Å². The maximum absolute atomic E-state index is 9.02. The van der Waals surface area contributed by atoms with E-state index in [1.54, 1.807) is 19.3 Å². The van der Waals surface area contributed by atoms with Crippen molar-refractivity contribution in [1.82, 2.24) is 0 Å².